The van der Waals surface area contributed by atoms with Crippen molar-refractivity contribution in [2.75, 3.05) is 13.2 Å². The zero-order valence-corrected chi connectivity index (χ0v) is 15.9. The minimum Gasteiger partial charge on any atom is -0.348 e. The van der Waals surface area contributed by atoms with Crippen LogP contribution in [0.15, 0.2) is 59.5 Å². The maximum absolute atomic E-state index is 12.3. The fraction of sp³-hybridized carbons (Fsp3) is 0.400. The van der Waals surface area contributed by atoms with E-state index in [1.165, 1.54) is 0 Å². The van der Waals surface area contributed by atoms with E-state index in [1.54, 1.807) is 24.3 Å². The molecule has 1 heterocycles. The molecule has 0 amide bonds. The summed E-state index contributed by atoms with van der Waals surface area (Å²) in [6, 6.07) is 16.3. The van der Waals surface area contributed by atoms with E-state index in [9.17, 15) is 8.42 Å². The second kappa shape index (κ2) is 7.88. The first-order valence-corrected chi connectivity index (χ1v) is 10.1. The first-order chi connectivity index (χ1) is 12.4. The van der Waals surface area contributed by atoms with Crippen molar-refractivity contribution in [3.8, 4) is 0 Å². The summed E-state index contributed by atoms with van der Waals surface area (Å²) in [5.74, 6) is 0. The molecule has 0 aromatic heterocycles. The van der Waals surface area contributed by atoms with Crippen LogP contribution in [0.4, 0.5) is 0 Å². The van der Waals surface area contributed by atoms with Crippen LogP contribution in [0.2, 0.25) is 0 Å². The molecular weight excluding hydrogens is 352 g/mol. The van der Waals surface area contributed by atoms with Crippen LogP contribution in [0.5, 0.6) is 0 Å². The fourth-order valence-electron chi connectivity index (χ4n) is 2.83. The Labute approximate surface area is 155 Å². The van der Waals surface area contributed by atoms with Gasteiger partial charge in [-0.15, -0.1) is 0 Å². The summed E-state index contributed by atoms with van der Waals surface area (Å²) in [6.45, 7) is 4.49. The summed E-state index contributed by atoms with van der Waals surface area (Å²) >= 11 is 0. The average Bonchev–Trinajstić information content (AvgIpc) is 2.62. The molecule has 0 saturated carbocycles. The van der Waals surface area contributed by atoms with Crippen LogP contribution in [0.1, 0.15) is 37.2 Å². The largest absolute Gasteiger partial charge is 0.348 e. The molecule has 0 N–H and O–H groups in total. The van der Waals surface area contributed by atoms with Gasteiger partial charge in [-0.05, 0) is 32.4 Å². The minimum atomic E-state index is -3.76. The maximum Gasteiger partial charge on any atom is 0.296 e. The third kappa shape index (κ3) is 4.71. The van der Waals surface area contributed by atoms with Crippen LogP contribution >= 0.6 is 0 Å². The van der Waals surface area contributed by atoms with Gasteiger partial charge in [-0.2, -0.15) is 8.42 Å². The minimum absolute atomic E-state index is 0.0637. The summed E-state index contributed by atoms with van der Waals surface area (Å²) in [5.41, 5.74) is 1.45. The molecule has 2 aromatic rings. The summed E-state index contributed by atoms with van der Waals surface area (Å²) in [5, 5.41) is 0. The first-order valence-electron chi connectivity index (χ1n) is 8.68. The van der Waals surface area contributed by atoms with E-state index in [-0.39, 0.29) is 11.5 Å². The van der Waals surface area contributed by atoms with E-state index in [0.29, 0.717) is 19.4 Å². The molecule has 0 radical (unpaired) electrons. The number of hydrogen-bond acceptors (Lipinski definition) is 5. The molecule has 6 heteroatoms. The summed E-state index contributed by atoms with van der Waals surface area (Å²) in [6.07, 6.45) is 0.707. The van der Waals surface area contributed by atoms with Gasteiger partial charge in [0.25, 0.3) is 10.1 Å². The Morgan fingerprint density at radius 3 is 2.50 bits per heavy atom. The van der Waals surface area contributed by atoms with Gasteiger partial charge in [0.05, 0.1) is 23.7 Å². The van der Waals surface area contributed by atoms with Crippen molar-refractivity contribution in [3.05, 3.63) is 65.7 Å². The molecule has 1 fully saturated rings. The fourth-order valence-corrected chi connectivity index (χ4v) is 3.74. The van der Waals surface area contributed by atoms with Crippen molar-refractivity contribution in [2.24, 2.45) is 0 Å². The lowest BCUT2D eigenvalue weighted by Crippen LogP contribution is -2.39. The van der Waals surface area contributed by atoms with Crippen LogP contribution in [-0.4, -0.2) is 27.2 Å². The lowest BCUT2D eigenvalue weighted by molar-refractivity contribution is -0.258. The summed E-state index contributed by atoms with van der Waals surface area (Å²) < 4.78 is 41.6. The van der Waals surface area contributed by atoms with E-state index >= 15 is 0 Å². The normalized spacial score (nSPS) is 23.7. The standard InChI is InChI=1S/C20H24O5S/c1-16-8-10-18(11-9-16)26(21,22)24-15-13-20(2)12-14-23-19(25-20)17-6-4-3-5-7-17/h3-11,19H,12-15H2,1-2H3. The Hall–Kier alpha value is -1.73. The molecule has 5 nitrogen and oxygen atoms in total. The van der Waals surface area contributed by atoms with Gasteiger partial charge in [-0.3, -0.25) is 4.18 Å². The van der Waals surface area contributed by atoms with Crippen molar-refractivity contribution in [3.63, 3.8) is 0 Å². The quantitative estimate of drug-likeness (QED) is 0.714. The molecule has 1 aliphatic rings. The number of hydrogen-bond donors (Lipinski definition) is 0. The molecule has 1 saturated heterocycles. The second-order valence-electron chi connectivity index (χ2n) is 6.77. The van der Waals surface area contributed by atoms with Crippen LogP contribution in [0.3, 0.4) is 0 Å². The molecule has 3 rings (SSSR count). The molecule has 0 bridgehead atoms. The molecule has 2 atom stereocenters. The van der Waals surface area contributed by atoms with Gasteiger partial charge >= 0.3 is 0 Å². The van der Waals surface area contributed by atoms with Crippen LogP contribution in [0.25, 0.3) is 0 Å². The number of ether oxygens (including phenoxy) is 2. The van der Waals surface area contributed by atoms with E-state index in [2.05, 4.69) is 0 Å². The third-order valence-electron chi connectivity index (χ3n) is 4.54. The van der Waals surface area contributed by atoms with Gasteiger partial charge in [0, 0.05) is 12.0 Å². The highest BCUT2D eigenvalue weighted by atomic mass is 32.2. The zero-order chi connectivity index (χ0) is 18.6. The Kier molecular flexibility index (Phi) is 5.77. The highest BCUT2D eigenvalue weighted by Crippen LogP contribution is 2.35. The monoisotopic (exact) mass is 376 g/mol. The van der Waals surface area contributed by atoms with Gasteiger partial charge < -0.3 is 9.47 Å². The smallest absolute Gasteiger partial charge is 0.296 e. The maximum atomic E-state index is 12.3. The van der Waals surface area contributed by atoms with Crippen molar-refractivity contribution in [1.29, 1.82) is 0 Å². The summed E-state index contributed by atoms with van der Waals surface area (Å²) in [4.78, 5) is 0.170. The molecule has 2 aromatic carbocycles. The molecule has 1 aliphatic heterocycles. The van der Waals surface area contributed by atoms with E-state index in [0.717, 1.165) is 11.1 Å². The Balaban J connectivity index is 1.59. The van der Waals surface area contributed by atoms with Crippen molar-refractivity contribution in [1.82, 2.24) is 0 Å². The van der Waals surface area contributed by atoms with Gasteiger partial charge in [0.1, 0.15) is 0 Å². The topological polar surface area (TPSA) is 61.8 Å². The SMILES string of the molecule is Cc1ccc(S(=O)(=O)OCCC2(C)CCOC(c3ccccc3)O2)cc1. The Morgan fingerprint density at radius 1 is 1.12 bits per heavy atom. The highest BCUT2D eigenvalue weighted by Gasteiger charge is 2.34. The van der Waals surface area contributed by atoms with Crippen molar-refractivity contribution < 1.29 is 22.1 Å². The third-order valence-corrected chi connectivity index (χ3v) is 5.87. The second-order valence-corrected chi connectivity index (χ2v) is 8.39. The number of aryl methyl sites for hydroxylation is 1. The van der Waals surface area contributed by atoms with E-state index < -0.39 is 22.0 Å². The number of rotatable bonds is 6. The summed E-state index contributed by atoms with van der Waals surface area (Å²) in [7, 11) is -3.76. The van der Waals surface area contributed by atoms with Gasteiger partial charge in [0.2, 0.25) is 0 Å². The molecule has 140 valence electrons. The molecule has 0 aliphatic carbocycles. The van der Waals surface area contributed by atoms with E-state index in [4.69, 9.17) is 13.7 Å². The molecule has 26 heavy (non-hydrogen) atoms. The van der Waals surface area contributed by atoms with Gasteiger partial charge in [-0.25, -0.2) is 0 Å². The Bertz CT molecular complexity index is 817. The lowest BCUT2D eigenvalue weighted by atomic mass is 9.97. The van der Waals surface area contributed by atoms with Crippen LogP contribution in [-0.2, 0) is 23.8 Å². The van der Waals surface area contributed by atoms with E-state index in [1.807, 2.05) is 44.2 Å². The molecule has 2 unspecified atom stereocenters. The predicted molar refractivity (Wildman–Crippen MR) is 98.2 cm³/mol. The highest BCUT2D eigenvalue weighted by molar-refractivity contribution is 7.86. The van der Waals surface area contributed by atoms with Crippen molar-refractivity contribution >= 4 is 10.1 Å². The van der Waals surface area contributed by atoms with Gasteiger partial charge in [0.15, 0.2) is 6.29 Å². The zero-order valence-electron chi connectivity index (χ0n) is 15.1. The lowest BCUT2D eigenvalue weighted by Gasteiger charge is -2.38. The van der Waals surface area contributed by atoms with Crippen molar-refractivity contribution in [2.45, 2.75) is 43.5 Å². The van der Waals surface area contributed by atoms with Crippen LogP contribution in [0, 0.1) is 6.92 Å². The molecular formula is C20H24O5S. The first kappa shape index (κ1) is 19.0. The molecule has 0 spiro atoms. The predicted octanol–water partition coefficient (Wildman–Crippen LogP) is 3.98. The Morgan fingerprint density at radius 2 is 1.81 bits per heavy atom. The van der Waals surface area contributed by atoms with Gasteiger partial charge in [-0.1, -0.05) is 48.0 Å². The average molecular weight is 376 g/mol. The van der Waals surface area contributed by atoms with Crippen LogP contribution < -0.4 is 0 Å². The number of benzene rings is 2.